The maximum Gasteiger partial charge on any atom is 0.307 e. The number of esters is 2. The number of fused-ring (bicyclic) bond motifs is 2. The lowest BCUT2D eigenvalue weighted by Gasteiger charge is -2.29. The van der Waals surface area contributed by atoms with E-state index in [0.29, 0.717) is 31.2 Å². The Balaban J connectivity index is 0.000000218. The fourth-order valence-corrected chi connectivity index (χ4v) is 13.3. The number of amides is 3. The predicted octanol–water partition coefficient (Wildman–Crippen LogP) is 11.3. The number of nitrogens with zero attached hydrogens (tertiary/aromatic N) is 3. The summed E-state index contributed by atoms with van der Waals surface area (Å²) in [6.07, 6.45) is 7.17. The Morgan fingerprint density at radius 3 is 1.37 bits per heavy atom. The summed E-state index contributed by atoms with van der Waals surface area (Å²) in [5.41, 5.74) is 3.47. The van der Waals surface area contributed by atoms with Crippen molar-refractivity contribution in [1.82, 2.24) is 5.06 Å². The second-order valence-corrected chi connectivity index (χ2v) is 25.5. The van der Waals surface area contributed by atoms with E-state index in [9.17, 15) is 24.0 Å². The number of carbonyl (C=O) groups is 5. The van der Waals surface area contributed by atoms with Gasteiger partial charge in [-0.3, -0.25) is 28.8 Å². The number of hydrogen-bond acceptors (Lipinski definition) is 8. The number of para-hydroxylation sites is 2. The molecule has 0 aliphatic carbocycles. The van der Waals surface area contributed by atoms with E-state index < -0.39 is 24.0 Å². The highest BCUT2D eigenvalue weighted by atomic mass is 31.2. The summed E-state index contributed by atoms with van der Waals surface area (Å²) in [5, 5.41) is 4.73. The van der Waals surface area contributed by atoms with Gasteiger partial charge in [0.1, 0.15) is 11.2 Å². The number of anilines is 2. The molecule has 0 bridgehead atoms. The molecule has 76 heavy (non-hydrogen) atoms. The van der Waals surface area contributed by atoms with Gasteiger partial charge in [0.05, 0.1) is 25.9 Å². The molecule has 0 N–H and O–H groups in total. The van der Waals surface area contributed by atoms with Crippen molar-refractivity contribution in [2.45, 2.75) is 119 Å². The third kappa shape index (κ3) is 17.8. The summed E-state index contributed by atoms with van der Waals surface area (Å²) < 4.78 is 10.7. The number of hydroxylamine groups is 2. The molecule has 0 saturated carbocycles. The molecule has 2 atom stereocenters. The van der Waals surface area contributed by atoms with Crippen LogP contribution in [0.15, 0.2) is 152 Å². The van der Waals surface area contributed by atoms with Crippen molar-refractivity contribution < 1.29 is 38.3 Å². The van der Waals surface area contributed by atoms with Crippen molar-refractivity contribution in [3.63, 3.8) is 0 Å². The minimum Gasteiger partial charge on any atom is -0.460 e. The molecule has 2 aliphatic heterocycles. The Labute approximate surface area is 453 Å². The first kappa shape index (κ1) is 60.3. The smallest absolute Gasteiger partial charge is 0.307 e. The second-order valence-electron chi connectivity index (χ2n) is 22.3. The van der Waals surface area contributed by atoms with Crippen molar-refractivity contribution in [3.8, 4) is 0 Å². The number of benzene rings is 5. The average Bonchev–Trinajstić information content (AvgIpc) is 4.02. The summed E-state index contributed by atoms with van der Waals surface area (Å²) in [6, 6.07) is 47.7. The molecule has 2 heterocycles. The number of hydrogen-bond donors (Lipinski definition) is 0. The van der Waals surface area contributed by atoms with Crippen LogP contribution in [0.4, 0.5) is 11.4 Å². The van der Waals surface area contributed by atoms with Crippen LogP contribution in [0.3, 0.4) is 0 Å². The van der Waals surface area contributed by atoms with E-state index >= 15 is 0 Å². The summed E-state index contributed by atoms with van der Waals surface area (Å²) in [4.78, 5) is 71.2. The Bertz CT molecular complexity index is 2680. The Kier molecular flexibility index (Phi) is 22.2. The average molecular weight is 1050 g/mol. The number of ether oxygens (including phenoxy) is 2. The van der Waals surface area contributed by atoms with Gasteiger partial charge >= 0.3 is 11.9 Å². The van der Waals surface area contributed by atoms with E-state index in [1.165, 1.54) is 34.2 Å². The Morgan fingerprint density at radius 1 is 0.566 bits per heavy atom. The van der Waals surface area contributed by atoms with E-state index in [0.717, 1.165) is 42.2 Å². The third-order valence-corrected chi connectivity index (χ3v) is 16.7. The largest absolute Gasteiger partial charge is 0.460 e. The highest BCUT2D eigenvalue weighted by molar-refractivity contribution is 7.95. The fourth-order valence-electron chi connectivity index (χ4n) is 9.54. The van der Waals surface area contributed by atoms with E-state index in [2.05, 4.69) is 105 Å². The molecule has 406 valence electrons. The number of rotatable bonds is 16. The molecule has 12 heteroatoms. The topological polar surface area (TPSA) is 123 Å². The standard InChI is InChI=1S/C28H24NOP.C22H31NO3.C14H27NO4/c30-28(29-21-20-23-12-10-11-19-27(23)29)22-31(24-13-4-1-5-14-24,25-15-6-2-7-16-25)26-17-8-3-9-18-26;1-16(2)14-17(15-21(25)26-22(3,4)5)10-11-20(24)23-13-12-18-8-6-7-9-19(18)23;1-10(2)8-11(13(17)15(6)18-7)9-12(16)19-14(3,4)5/h1-19,22H,20-21H2;6-11,16-17H,12-15H2,1-5H3;10-11H,8-9H2,1-7H3/b;11-10+;/t;17-;11-/m.11/s1. The zero-order chi connectivity index (χ0) is 55.6. The van der Waals surface area contributed by atoms with Crippen LogP contribution in [0.5, 0.6) is 0 Å². The molecule has 11 nitrogen and oxygen atoms in total. The molecule has 3 amide bonds. The Morgan fingerprint density at radius 2 is 0.961 bits per heavy atom. The van der Waals surface area contributed by atoms with Gasteiger partial charge < -0.3 is 19.3 Å². The Hall–Kier alpha value is -6.55. The molecule has 0 radical (unpaired) electrons. The molecule has 0 aromatic heterocycles. The molecule has 0 saturated heterocycles. The van der Waals surface area contributed by atoms with Crippen LogP contribution in [-0.4, -0.2) is 79.0 Å². The first-order valence-corrected chi connectivity index (χ1v) is 28.5. The second kappa shape index (κ2) is 28.0. The molecule has 2 aliphatic rings. The third-order valence-electron chi connectivity index (χ3n) is 12.8. The molecule has 0 spiro atoms. The number of carbonyl (C=O) groups excluding carboxylic acids is 5. The van der Waals surface area contributed by atoms with Gasteiger partial charge in [0.25, 0.3) is 11.8 Å². The van der Waals surface area contributed by atoms with Gasteiger partial charge in [-0.2, -0.15) is 0 Å². The van der Waals surface area contributed by atoms with Crippen LogP contribution in [0.25, 0.3) is 0 Å². The first-order valence-electron chi connectivity index (χ1n) is 26.6. The molecule has 5 aromatic carbocycles. The molecule has 0 fully saturated rings. The van der Waals surface area contributed by atoms with Crippen LogP contribution >= 0.6 is 6.89 Å². The number of allylic oxidation sites excluding steroid dienone is 1. The SMILES string of the molecule is CC(C)C[C@@H](/C=C/C(=O)N1CCc2ccccc21)CC(=O)OC(C)(C)C.CON(C)C(=O)[C@@H](CC(=O)OC(C)(C)C)CC(C)C.O=C(C=P(c1ccccc1)(c1ccccc1)c1ccccc1)N1CCc2ccccc21. The van der Waals surface area contributed by atoms with Crippen LogP contribution in [0.2, 0.25) is 0 Å². The molecule has 5 aromatic rings. The maximum atomic E-state index is 13.8. The van der Waals surface area contributed by atoms with E-state index in [4.69, 9.17) is 14.3 Å². The van der Waals surface area contributed by atoms with Crippen LogP contribution in [0.1, 0.15) is 106 Å². The van der Waals surface area contributed by atoms with Crippen molar-refractivity contribution in [2.75, 3.05) is 37.0 Å². The normalized spacial score (nSPS) is 13.9. The van der Waals surface area contributed by atoms with Crippen LogP contribution < -0.4 is 25.7 Å². The highest BCUT2D eigenvalue weighted by Crippen LogP contribution is 2.44. The van der Waals surface area contributed by atoms with Crippen molar-refractivity contribution >= 4 is 69.6 Å². The van der Waals surface area contributed by atoms with Gasteiger partial charge in [-0.25, -0.2) is 5.06 Å². The summed E-state index contributed by atoms with van der Waals surface area (Å²) >= 11 is 0. The quantitative estimate of drug-likeness (QED) is 0.0414. The van der Waals surface area contributed by atoms with E-state index in [1.54, 1.807) is 13.1 Å². The lowest BCUT2D eigenvalue weighted by molar-refractivity contribution is -0.177. The zero-order valence-electron chi connectivity index (χ0n) is 47.0. The van der Waals surface area contributed by atoms with E-state index in [1.807, 2.05) is 126 Å². The maximum absolute atomic E-state index is 13.8. The van der Waals surface area contributed by atoms with Gasteiger partial charge in [-0.15, -0.1) is 0 Å². The van der Waals surface area contributed by atoms with Gasteiger partial charge in [-0.05, 0) is 137 Å². The molecule has 0 unspecified atom stereocenters. The van der Waals surface area contributed by atoms with Gasteiger partial charge in [0.15, 0.2) is 0 Å². The van der Waals surface area contributed by atoms with Gasteiger partial charge in [0.2, 0.25) is 5.91 Å². The fraction of sp³-hybridized carbons (Fsp3) is 0.406. The summed E-state index contributed by atoms with van der Waals surface area (Å²) in [7, 11) is 2.97. The first-order chi connectivity index (χ1) is 36.0. The molecular weight excluding hydrogens is 970 g/mol. The minimum atomic E-state index is -2.29. The van der Waals surface area contributed by atoms with Crippen molar-refractivity contribution in [3.05, 3.63) is 163 Å². The predicted molar refractivity (Wildman–Crippen MR) is 312 cm³/mol. The van der Waals surface area contributed by atoms with Crippen molar-refractivity contribution in [2.24, 2.45) is 23.7 Å². The lowest BCUT2D eigenvalue weighted by atomic mass is 9.93. The zero-order valence-corrected chi connectivity index (χ0v) is 47.9. The van der Waals surface area contributed by atoms with Gasteiger partial charge in [-0.1, -0.05) is 161 Å². The minimum absolute atomic E-state index is 0.00615. The molecule has 7 rings (SSSR count). The van der Waals surface area contributed by atoms with Gasteiger partial charge in [0, 0.05) is 37.3 Å². The van der Waals surface area contributed by atoms with E-state index in [-0.39, 0.29) is 42.0 Å². The molecular formula is C64H82N3O8P. The highest BCUT2D eigenvalue weighted by Gasteiger charge is 2.32. The van der Waals surface area contributed by atoms with Crippen LogP contribution in [-0.2, 0) is 51.1 Å². The summed E-state index contributed by atoms with van der Waals surface area (Å²) in [6.45, 7) is 18.5. The van der Waals surface area contributed by atoms with Crippen LogP contribution in [0, 0.1) is 23.7 Å². The van der Waals surface area contributed by atoms with Crippen molar-refractivity contribution in [1.29, 1.82) is 0 Å². The monoisotopic (exact) mass is 1050 g/mol. The summed E-state index contributed by atoms with van der Waals surface area (Å²) in [5.74, 6) is 1.69. The lowest BCUT2D eigenvalue weighted by Crippen LogP contribution is -2.35.